The maximum Gasteiger partial charge on any atom is 0.350 e. The molecule has 0 spiro atoms. The van der Waals surface area contributed by atoms with E-state index in [1.165, 1.54) is 0 Å². The smallest absolute Gasteiger partial charge is 0.350 e. The number of carbonyl (C=O) groups is 2. The Morgan fingerprint density at radius 2 is 1.67 bits per heavy atom. The van der Waals surface area contributed by atoms with Crippen molar-refractivity contribution in [3.63, 3.8) is 0 Å². The van der Waals surface area contributed by atoms with Crippen molar-refractivity contribution < 1.29 is 19.1 Å². The van der Waals surface area contributed by atoms with Crippen LogP contribution >= 0.6 is 11.6 Å². The summed E-state index contributed by atoms with van der Waals surface area (Å²) in [5, 5.41) is -0.260. The fraction of sp³-hybridized carbons (Fsp3) is 0.600. The largest absolute Gasteiger partial charge is 0.463 e. The standard InChI is InChI=1S/C10H15ClO4/c1-3-5-14-9(12)7-8(11)10(13)15-6-4-2/h7H,3-6H2,1-2H3. The lowest BCUT2D eigenvalue weighted by molar-refractivity contribution is -0.140. The summed E-state index contributed by atoms with van der Waals surface area (Å²) in [5.41, 5.74) is 0. The molecule has 0 saturated carbocycles. The second-order valence-corrected chi connectivity index (χ2v) is 3.20. The van der Waals surface area contributed by atoms with Crippen molar-refractivity contribution >= 4 is 23.5 Å². The minimum Gasteiger partial charge on any atom is -0.463 e. The molecule has 0 aromatic rings. The topological polar surface area (TPSA) is 52.6 Å². The summed E-state index contributed by atoms with van der Waals surface area (Å²) < 4.78 is 9.42. The first kappa shape index (κ1) is 14.0. The quantitative estimate of drug-likeness (QED) is 0.521. The number of esters is 2. The van der Waals surface area contributed by atoms with E-state index in [-0.39, 0.29) is 11.6 Å². The summed E-state index contributed by atoms with van der Waals surface area (Å²) in [6.07, 6.45) is 2.35. The minimum absolute atomic E-state index is 0.260. The van der Waals surface area contributed by atoms with Crippen molar-refractivity contribution in [1.82, 2.24) is 0 Å². The van der Waals surface area contributed by atoms with Crippen molar-refractivity contribution in [2.24, 2.45) is 0 Å². The van der Waals surface area contributed by atoms with Gasteiger partial charge in [0, 0.05) is 6.08 Å². The Bertz CT molecular complexity index is 248. The zero-order valence-corrected chi connectivity index (χ0v) is 9.67. The Morgan fingerprint density at radius 1 is 1.13 bits per heavy atom. The summed E-state index contributed by atoms with van der Waals surface area (Å²) >= 11 is 5.53. The van der Waals surface area contributed by atoms with Gasteiger partial charge in [0.05, 0.1) is 13.2 Å². The van der Waals surface area contributed by atoms with E-state index >= 15 is 0 Å². The lowest BCUT2D eigenvalue weighted by Crippen LogP contribution is -2.08. The normalized spacial score (nSPS) is 11.0. The molecule has 0 bridgehead atoms. The van der Waals surface area contributed by atoms with Crippen molar-refractivity contribution in [3.05, 3.63) is 11.1 Å². The van der Waals surface area contributed by atoms with Gasteiger partial charge in [0.25, 0.3) is 0 Å². The predicted molar refractivity (Wildman–Crippen MR) is 56.4 cm³/mol. The molecule has 0 saturated heterocycles. The average Bonchev–Trinajstić information content (AvgIpc) is 2.22. The van der Waals surface area contributed by atoms with Crippen LogP contribution in [0, 0.1) is 0 Å². The van der Waals surface area contributed by atoms with Gasteiger partial charge in [-0.3, -0.25) is 0 Å². The summed E-state index contributed by atoms with van der Waals surface area (Å²) in [6.45, 7) is 4.32. The summed E-state index contributed by atoms with van der Waals surface area (Å²) in [5.74, 6) is -1.33. The second-order valence-electron chi connectivity index (χ2n) is 2.80. The molecular weight excluding hydrogens is 220 g/mol. The molecule has 0 radical (unpaired) electrons. The molecular formula is C10H15ClO4. The monoisotopic (exact) mass is 234 g/mol. The van der Waals surface area contributed by atoms with Crippen LogP contribution < -0.4 is 0 Å². The molecule has 0 aliphatic carbocycles. The molecule has 0 heterocycles. The van der Waals surface area contributed by atoms with Crippen LogP contribution in [-0.2, 0) is 19.1 Å². The van der Waals surface area contributed by atoms with E-state index in [2.05, 4.69) is 0 Å². The van der Waals surface area contributed by atoms with Gasteiger partial charge in [-0.2, -0.15) is 0 Å². The maximum absolute atomic E-state index is 11.1. The first-order chi connectivity index (χ1) is 7.11. The van der Waals surface area contributed by atoms with E-state index in [0.29, 0.717) is 13.0 Å². The first-order valence-corrected chi connectivity index (χ1v) is 5.20. The third-order valence-corrected chi connectivity index (χ3v) is 1.59. The van der Waals surface area contributed by atoms with Crippen LogP contribution in [0.4, 0.5) is 0 Å². The third-order valence-electron chi connectivity index (χ3n) is 1.33. The van der Waals surface area contributed by atoms with Gasteiger partial charge in [-0.15, -0.1) is 0 Å². The average molecular weight is 235 g/mol. The molecule has 0 aromatic carbocycles. The molecule has 0 N–H and O–H groups in total. The Kier molecular flexibility index (Phi) is 7.72. The molecule has 0 aliphatic heterocycles. The van der Waals surface area contributed by atoms with Gasteiger partial charge in [-0.05, 0) is 12.8 Å². The van der Waals surface area contributed by atoms with Gasteiger partial charge in [-0.25, -0.2) is 9.59 Å². The Morgan fingerprint density at radius 3 is 2.20 bits per heavy atom. The number of hydrogen-bond donors (Lipinski definition) is 0. The van der Waals surface area contributed by atoms with E-state index in [1.807, 2.05) is 13.8 Å². The lowest BCUT2D eigenvalue weighted by atomic mass is 10.4. The zero-order valence-electron chi connectivity index (χ0n) is 8.92. The molecule has 86 valence electrons. The Balaban J connectivity index is 4.05. The molecule has 0 fully saturated rings. The van der Waals surface area contributed by atoms with Crippen molar-refractivity contribution in [3.8, 4) is 0 Å². The van der Waals surface area contributed by atoms with E-state index in [4.69, 9.17) is 21.1 Å². The van der Waals surface area contributed by atoms with Gasteiger partial charge in [-0.1, -0.05) is 25.4 Å². The van der Waals surface area contributed by atoms with Gasteiger partial charge in [0.15, 0.2) is 0 Å². The van der Waals surface area contributed by atoms with E-state index < -0.39 is 11.9 Å². The van der Waals surface area contributed by atoms with Gasteiger partial charge < -0.3 is 9.47 Å². The van der Waals surface area contributed by atoms with Gasteiger partial charge in [0.1, 0.15) is 5.03 Å². The van der Waals surface area contributed by atoms with E-state index in [9.17, 15) is 9.59 Å². The lowest BCUT2D eigenvalue weighted by Gasteiger charge is -2.01. The zero-order chi connectivity index (χ0) is 11.7. The number of ether oxygens (including phenoxy) is 2. The molecule has 0 unspecified atom stereocenters. The first-order valence-electron chi connectivity index (χ1n) is 4.82. The Hall–Kier alpha value is -1.03. The highest BCUT2D eigenvalue weighted by Crippen LogP contribution is 2.05. The maximum atomic E-state index is 11.1. The molecule has 0 aliphatic rings. The summed E-state index contributed by atoms with van der Waals surface area (Å²) in [4.78, 5) is 22.1. The van der Waals surface area contributed by atoms with Gasteiger partial charge >= 0.3 is 11.9 Å². The highest BCUT2D eigenvalue weighted by atomic mass is 35.5. The van der Waals surface area contributed by atoms with Crippen LogP contribution in [0.1, 0.15) is 26.7 Å². The van der Waals surface area contributed by atoms with Crippen LogP contribution in [0.2, 0.25) is 0 Å². The minimum atomic E-state index is -0.702. The number of hydrogen-bond acceptors (Lipinski definition) is 4. The van der Waals surface area contributed by atoms with Crippen molar-refractivity contribution in [2.45, 2.75) is 26.7 Å². The summed E-state index contributed by atoms with van der Waals surface area (Å²) in [6, 6.07) is 0. The van der Waals surface area contributed by atoms with Crippen molar-refractivity contribution in [2.75, 3.05) is 13.2 Å². The molecule has 0 rings (SSSR count). The molecule has 15 heavy (non-hydrogen) atoms. The van der Waals surface area contributed by atoms with Crippen molar-refractivity contribution in [1.29, 1.82) is 0 Å². The molecule has 0 amide bonds. The van der Waals surface area contributed by atoms with Crippen LogP contribution in [0.3, 0.4) is 0 Å². The molecule has 0 aromatic heterocycles. The van der Waals surface area contributed by atoms with Crippen LogP contribution in [0.5, 0.6) is 0 Å². The number of halogens is 1. The number of rotatable bonds is 6. The van der Waals surface area contributed by atoms with Crippen LogP contribution in [0.25, 0.3) is 0 Å². The Labute approximate surface area is 94.2 Å². The summed E-state index contributed by atoms with van der Waals surface area (Å²) in [7, 11) is 0. The van der Waals surface area contributed by atoms with Crippen LogP contribution in [0.15, 0.2) is 11.1 Å². The predicted octanol–water partition coefficient (Wildman–Crippen LogP) is 2.02. The fourth-order valence-corrected chi connectivity index (χ4v) is 0.814. The third kappa shape index (κ3) is 6.96. The fourth-order valence-electron chi connectivity index (χ4n) is 0.670. The van der Waals surface area contributed by atoms with E-state index in [1.54, 1.807) is 0 Å². The SMILES string of the molecule is CCCOC(=O)C=C(Cl)C(=O)OCCC. The molecule has 0 atom stereocenters. The van der Waals surface area contributed by atoms with Gasteiger partial charge in [0.2, 0.25) is 0 Å². The highest BCUT2D eigenvalue weighted by molar-refractivity contribution is 6.42. The highest BCUT2D eigenvalue weighted by Gasteiger charge is 2.10. The van der Waals surface area contributed by atoms with Crippen LogP contribution in [-0.4, -0.2) is 25.2 Å². The second kappa shape index (κ2) is 8.29. The number of carbonyl (C=O) groups excluding carboxylic acids is 2. The molecule has 5 heteroatoms. The van der Waals surface area contributed by atoms with E-state index in [0.717, 1.165) is 12.5 Å². The molecule has 4 nitrogen and oxygen atoms in total.